The number of likely N-dealkylation sites (N-methyl/N-ethyl adjacent to an activating group) is 1. The van der Waals surface area contributed by atoms with Crippen LogP contribution in [-0.4, -0.2) is 36.4 Å². The molecular formula is C12H23NO3. The molecule has 0 aromatic heterocycles. The van der Waals surface area contributed by atoms with Gasteiger partial charge in [0.15, 0.2) is 0 Å². The number of ether oxygens (including phenoxy) is 1. The number of rotatable bonds is 6. The molecule has 1 fully saturated rings. The van der Waals surface area contributed by atoms with Crippen molar-refractivity contribution in [2.75, 3.05) is 13.7 Å². The lowest BCUT2D eigenvalue weighted by Gasteiger charge is -2.37. The van der Waals surface area contributed by atoms with Crippen molar-refractivity contribution in [2.45, 2.75) is 57.1 Å². The van der Waals surface area contributed by atoms with Gasteiger partial charge >= 0.3 is 5.97 Å². The molecule has 0 amide bonds. The summed E-state index contributed by atoms with van der Waals surface area (Å²) in [6.45, 7) is 2.87. The van der Waals surface area contributed by atoms with Crippen LogP contribution in [0.2, 0.25) is 0 Å². The number of aliphatic carboxylic acids is 1. The molecule has 16 heavy (non-hydrogen) atoms. The van der Waals surface area contributed by atoms with Crippen LogP contribution in [0.4, 0.5) is 0 Å². The molecule has 2 atom stereocenters. The standard InChI is InChI=1S/C12H23NO3/c1-3-4-8-16-10-6-5-7-12(9-10,13-2)11(14)15/h10,13H,3-9H2,1-2H3,(H,14,15). The van der Waals surface area contributed by atoms with Gasteiger partial charge in [-0.2, -0.15) is 0 Å². The molecule has 0 radical (unpaired) electrons. The Balaban J connectivity index is 2.48. The van der Waals surface area contributed by atoms with Crippen LogP contribution in [0.3, 0.4) is 0 Å². The predicted molar refractivity (Wildman–Crippen MR) is 62.5 cm³/mol. The summed E-state index contributed by atoms with van der Waals surface area (Å²) >= 11 is 0. The second kappa shape index (κ2) is 6.21. The van der Waals surface area contributed by atoms with Gasteiger partial charge in [0, 0.05) is 13.0 Å². The van der Waals surface area contributed by atoms with Gasteiger partial charge in [0.2, 0.25) is 0 Å². The summed E-state index contributed by atoms with van der Waals surface area (Å²) < 4.78 is 5.73. The third kappa shape index (κ3) is 3.19. The number of unbranched alkanes of at least 4 members (excludes halogenated alkanes) is 1. The van der Waals surface area contributed by atoms with E-state index >= 15 is 0 Å². The molecule has 1 rings (SSSR count). The topological polar surface area (TPSA) is 58.6 Å². The van der Waals surface area contributed by atoms with E-state index in [-0.39, 0.29) is 6.10 Å². The van der Waals surface area contributed by atoms with E-state index < -0.39 is 11.5 Å². The molecule has 2 unspecified atom stereocenters. The summed E-state index contributed by atoms with van der Waals surface area (Å²) in [7, 11) is 1.72. The second-order valence-corrected chi connectivity index (χ2v) is 4.58. The number of hydrogen-bond donors (Lipinski definition) is 2. The molecule has 0 spiro atoms. The van der Waals surface area contributed by atoms with Crippen molar-refractivity contribution in [1.29, 1.82) is 0 Å². The van der Waals surface area contributed by atoms with Crippen molar-refractivity contribution in [3.63, 3.8) is 0 Å². The molecule has 1 aliphatic carbocycles. The monoisotopic (exact) mass is 229 g/mol. The third-order valence-electron chi connectivity index (χ3n) is 3.45. The second-order valence-electron chi connectivity index (χ2n) is 4.58. The highest BCUT2D eigenvalue weighted by atomic mass is 16.5. The summed E-state index contributed by atoms with van der Waals surface area (Å²) in [5, 5.41) is 12.2. The molecule has 0 aliphatic heterocycles. The van der Waals surface area contributed by atoms with E-state index in [0.717, 1.165) is 32.3 Å². The maximum atomic E-state index is 11.3. The number of carbonyl (C=O) groups is 1. The fraction of sp³-hybridized carbons (Fsp3) is 0.917. The molecular weight excluding hydrogens is 206 g/mol. The highest BCUT2D eigenvalue weighted by molar-refractivity contribution is 5.79. The van der Waals surface area contributed by atoms with Crippen LogP contribution in [0, 0.1) is 0 Å². The maximum absolute atomic E-state index is 11.3. The average Bonchev–Trinajstić information content (AvgIpc) is 2.29. The first-order valence-electron chi connectivity index (χ1n) is 6.18. The molecule has 0 aromatic rings. The van der Waals surface area contributed by atoms with Crippen molar-refractivity contribution in [3.8, 4) is 0 Å². The average molecular weight is 229 g/mol. The SMILES string of the molecule is CCCCOC1CCCC(NC)(C(=O)O)C1. The van der Waals surface area contributed by atoms with Gasteiger partial charge in [-0.15, -0.1) is 0 Å². The minimum absolute atomic E-state index is 0.101. The summed E-state index contributed by atoms with van der Waals surface area (Å²) in [6, 6.07) is 0. The first-order chi connectivity index (χ1) is 7.64. The quantitative estimate of drug-likeness (QED) is 0.682. The van der Waals surface area contributed by atoms with E-state index in [0.29, 0.717) is 12.8 Å². The molecule has 4 heteroatoms. The van der Waals surface area contributed by atoms with Crippen LogP contribution in [0.25, 0.3) is 0 Å². The minimum atomic E-state index is -0.769. The fourth-order valence-corrected chi connectivity index (χ4v) is 2.29. The lowest BCUT2D eigenvalue weighted by Crippen LogP contribution is -2.54. The summed E-state index contributed by atoms with van der Waals surface area (Å²) in [5.74, 6) is -0.751. The zero-order chi connectivity index (χ0) is 12.0. The number of carboxylic acids is 1. The maximum Gasteiger partial charge on any atom is 0.323 e. The van der Waals surface area contributed by atoms with Crippen LogP contribution in [0.1, 0.15) is 45.4 Å². The van der Waals surface area contributed by atoms with Crippen LogP contribution in [-0.2, 0) is 9.53 Å². The Bertz CT molecular complexity index is 232. The Labute approximate surface area is 97.4 Å². The Morgan fingerprint density at radius 3 is 2.94 bits per heavy atom. The van der Waals surface area contributed by atoms with E-state index in [9.17, 15) is 9.90 Å². The smallest absolute Gasteiger partial charge is 0.323 e. The molecule has 1 saturated carbocycles. The number of hydrogen-bond acceptors (Lipinski definition) is 3. The van der Waals surface area contributed by atoms with Gasteiger partial charge in [-0.05, 0) is 32.7 Å². The predicted octanol–water partition coefficient (Wildman–Crippen LogP) is 1.79. The first kappa shape index (κ1) is 13.5. The molecule has 0 bridgehead atoms. The van der Waals surface area contributed by atoms with Crippen LogP contribution < -0.4 is 5.32 Å². The van der Waals surface area contributed by atoms with Gasteiger partial charge in [-0.1, -0.05) is 13.3 Å². The zero-order valence-electron chi connectivity index (χ0n) is 10.3. The van der Waals surface area contributed by atoms with Gasteiger partial charge in [0.25, 0.3) is 0 Å². The summed E-state index contributed by atoms with van der Waals surface area (Å²) in [6.07, 6.45) is 5.46. The van der Waals surface area contributed by atoms with Gasteiger partial charge in [0.05, 0.1) is 6.10 Å². The molecule has 2 N–H and O–H groups in total. The summed E-state index contributed by atoms with van der Waals surface area (Å²) in [4.78, 5) is 11.3. The van der Waals surface area contributed by atoms with Gasteiger partial charge in [0.1, 0.15) is 5.54 Å². The highest BCUT2D eigenvalue weighted by Crippen LogP contribution is 2.30. The van der Waals surface area contributed by atoms with Crippen molar-refractivity contribution in [3.05, 3.63) is 0 Å². The van der Waals surface area contributed by atoms with Crippen LogP contribution in [0.5, 0.6) is 0 Å². The van der Waals surface area contributed by atoms with E-state index in [4.69, 9.17) is 4.74 Å². The molecule has 1 aliphatic rings. The van der Waals surface area contributed by atoms with Gasteiger partial charge in [-0.3, -0.25) is 4.79 Å². The van der Waals surface area contributed by atoms with E-state index in [2.05, 4.69) is 12.2 Å². The fourth-order valence-electron chi connectivity index (χ4n) is 2.29. The number of carboxylic acid groups (broad SMARTS) is 1. The van der Waals surface area contributed by atoms with Crippen LogP contribution >= 0.6 is 0 Å². The Kier molecular flexibility index (Phi) is 5.22. The highest BCUT2D eigenvalue weighted by Gasteiger charge is 2.41. The molecule has 0 saturated heterocycles. The van der Waals surface area contributed by atoms with Crippen molar-refractivity contribution in [2.24, 2.45) is 0 Å². The molecule has 0 heterocycles. The minimum Gasteiger partial charge on any atom is -0.480 e. The van der Waals surface area contributed by atoms with Crippen LogP contribution in [0.15, 0.2) is 0 Å². The largest absolute Gasteiger partial charge is 0.480 e. The lowest BCUT2D eigenvalue weighted by atomic mass is 9.80. The Hall–Kier alpha value is -0.610. The normalized spacial score (nSPS) is 30.2. The molecule has 4 nitrogen and oxygen atoms in total. The number of nitrogens with one attached hydrogen (secondary N) is 1. The summed E-state index contributed by atoms with van der Waals surface area (Å²) in [5.41, 5.74) is -0.769. The molecule has 94 valence electrons. The Morgan fingerprint density at radius 2 is 2.38 bits per heavy atom. The van der Waals surface area contributed by atoms with Gasteiger partial charge < -0.3 is 15.2 Å². The van der Waals surface area contributed by atoms with Crippen molar-refractivity contribution in [1.82, 2.24) is 5.32 Å². The van der Waals surface area contributed by atoms with E-state index in [1.807, 2.05) is 0 Å². The van der Waals surface area contributed by atoms with Crippen molar-refractivity contribution < 1.29 is 14.6 Å². The zero-order valence-corrected chi connectivity index (χ0v) is 10.3. The van der Waals surface area contributed by atoms with E-state index in [1.165, 1.54) is 0 Å². The van der Waals surface area contributed by atoms with E-state index in [1.54, 1.807) is 7.05 Å². The molecule has 0 aromatic carbocycles. The first-order valence-corrected chi connectivity index (χ1v) is 6.18. The van der Waals surface area contributed by atoms with Gasteiger partial charge in [-0.25, -0.2) is 0 Å². The van der Waals surface area contributed by atoms with Crippen molar-refractivity contribution >= 4 is 5.97 Å². The lowest BCUT2D eigenvalue weighted by molar-refractivity contribution is -0.148. The Morgan fingerprint density at radius 1 is 1.62 bits per heavy atom. The third-order valence-corrected chi connectivity index (χ3v) is 3.45.